The number of thiocarbonyl (C=S) groups is 1. The molecule has 0 radical (unpaired) electrons. The molecular weight excluding hydrogens is 573 g/mol. The lowest BCUT2D eigenvalue weighted by Gasteiger charge is -2.23. The van der Waals surface area contributed by atoms with Crippen LogP contribution in [0.3, 0.4) is 0 Å². The molecule has 10 heteroatoms. The van der Waals surface area contributed by atoms with Crippen molar-refractivity contribution in [3.63, 3.8) is 0 Å². The first-order valence-electron chi connectivity index (χ1n) is 13.3. The number of benzene rings is 3. The summed E-state index contributed by atoms with van der Waals surface area (Å²) in [6, 6.07) is 26.0. The zero-order valence-electron chi connectivity index (χ0n) is 23.0. The highest BCUT2D eigenvalue weighted by molar-refractivity contribution is 8.26. The quantitative estimate of drug-likeness (QED) is 0.160. The van der Waals surface area contributed by atoms with Gasteiger partial charge in [-0.3, -0.25) is 9.69 Å². The normalized spacial score (nSPS) is 15.7. The minimum atomic E-state index is -3.67. The summed E-state index contributed by atoms with van der Waals surface area (Å²) in [6.07, 6.45) is 3.65. The third kappa shape index (κ3) is 5.78. The number of hydrogen-bond donors (Lipinski definition) is 0. The summed E-state index contributed by atoms with van der Waals surface area (Å²) >= 11 is 6.89. The van der Waals surface area contributed by atoms with E-state index >= 15 is 0 Å². The molecule has 3 aromatic carbocycles. The Bertz CT molecular complexity index is 1710. The molecule has 7 nitrogen and oxygen atoms in total. The van der Waals surface area contributed by atoms with Gasteiger partial charge in [-0.2, -0.15) is 9.40 Å². The van der Waals surface area contributed by atoms with E-state index in [1.165, 1.54) is 16.1 Å². The van der Waals surface area contributed by atoms with Gasteiger partial charge in [-0.1, -0.05) is 98.5 Å². The van der Waals surface area contributed by atoms with E-state index in [9.17, 15) is 13.2 Å². The Morgan fingerprint density at radius 2 is 1.63 bits per heavy atom. The summed E-state index contributed by atoms with van der Waals surface area (Å²) in [7, 11) is -3.67. The van der Waals surface area contributed by atoms with Crippen LogP contribution >= 0.6 is 24.0 Å². The van der Waals surface area contributed by atoms with E-state index in [-0.39, 0.29) is 16.8 Å². The first-order valence-corrected chi connectivity index (χ1v) is 16.0. The summed E-state index contributed by atoms with van der Waals surface area (Å²) in [5, 5.41) is 4.84. The molecule has 41 heavy (non-hydrogen) atoms. The third-order valence-corrected chi connectivity index (χ3v) is 10.4. The molecule has 1 amide bonds. The zero-order chi connectivity index (χ0) is 29.1. The van der Waals surface area contributed by atoms with Crippen LogP contribution in [0.15, 0.2) is 101 Å². The summed E-state index contributed by atoms with van der Waals surface area (Å²) in [6.45, 7) is 6.35. The van der Waals surface area contributed by atoms with Crippen molar-refractivity contribution in [1.29, 1.82) is 0 Å². The highest BCUT2D eigenvalue weighted by Crippen LogP contribution is 2.39. The van der Waals surface area contributed by atoms with Crippen molar-refractivity contribution in [3.05, 3.63) is 107 Å². The molecule has 0 spiro atoms. The SMILES string of the molecule is CCN(CC)S(=O)(=O)c1cccc(-c2nn(-c3ccccc3)cc2C=C2SC(=S)N(C(C)c3ccccc3)C2=O)c1. The van der Waals surface area contributed by atoms with Gasteiger partial charge in [0.05, 0.1) is 21.5 Å². The lowest BCUT2D eigenvalue weighted by atomic mass is 10.1. The molecule has 0 aliphatic carbocycles. The van der Waals surface area contributed by atoms with Crippen LogP contribution in [0.1, 0.15) is 37.9 Å². The van der Waals surface area contributed by atoms with Crippen LogP contribution in [-0.4, -0.2) is 50.7 Å². The maximum absolute atomic E-state index is 13.6. The van der Waals surface area contributed by atoms with E-state index in [2.05, 4.69) is 0 Å². The number of hydrogen-bond acceptors (Lipinski definition) is 6. The van der Waals surface area contributed by atoms with Gasteiger partial charge in [0, 0.05) is 30.4 Å². The second-order valence-corrected chi connectivity index (χ2v) is 13.1. The van der Waals surface area contributed by atoms with Gasteiger partial charge in [0.25, 0.3) is 5.91 Å². The van der Waals surface area contributed by atoms with Crippen molar-refractivity contribution in [3.8, 4) is 16.9 Å². The minimum absolute atomic E-state index is 0.173. The maximum atomic E-state index is 13.6. The van der Waals surface area contributed by atoms with Crippen LogP contribution in [-0.2, 0) is 14.8 Å². The van der Waals surface area contributed by atoms with Crippen molar-refractivity contribution in [2.75, 3.05) is 13.1 Å². The van der Waals surface area contributed by atoms with Gasteiger partial charge in [0.2, 0.25) is 10.0 Å². The van der Waals surface area contributed by atoms with Crippen molar-refractivity contribution in [2.45, 2.75) is 31.7 Å². The number of thioether (sulfide) groups is 1. The first kappa shape index (κ1) is 28.9. The molecule has 1 aliphatic rings. The highest BCUT2D eigenvalue weighted by atomic mass is 32.2. The molecule has 1 saturated heterocycles. The second kappa shape index (κ2) is 12.1. The second-order valence-electron chi connectivity index (χ2n) is 9.47. The van der Waals surface area contributed by atoms with E-state index in [4.69, 9.17) is 17.3 Å². The topological polar surface area (TPSA) is 75.5 Å². The number of carbonyl (C=O) groups excluding carboxylic acids is 1. The fourth-order valence-electron chi connectivity index (χ4n) is 4.78. The van der Waals surface area contributed by atoms with Crippen molar-refractivity contribution in [1.82, 2.24) is 19.0 Å². The largest absolute Gasteiger partial charge is 0.286 e. The summed E-state index contributed by atoms with van der Waals surface area (Å²) in [4.78, 5) is 15.9. The fraction of sp³-hybridized carbons (Fsp3) is 0.194. The summed E-state index contributed by atoms with van der Waals surface area (Å²) < 4.78 is 30.2. The molecule has 210 valence electrons. The number of nitrogens with zero attached hydrogens (tertiary/aromatic N) is 4. The van der Waals surface area contributed by atoms with Crippen LogP contribution in [0, 0.1) is 0 Å². The van der Waals surface area contributed by atoms with Gasteiger partial charge in [-0.25, -0.2) is 13.1 Å². The van der Waals surface area contributed by atoms with Crippen LogP contribution in [0.5, 0.6) is 0 Å². The lowest BCUT2D eigenvalue weighted by Crippen LogP contribution is -2.30. The molecule has 5 rings (SSSR count). The van der Waals surface area contributed by atoms with Crippen molar-refractivity contribution in [2.24, 2.45) is 0 Å². The molecule has 0 bridgehead atoms. The molecular formula is C31H30N4O3S3. The zero-order valence-corrected chi connectivity index (χ0v) is 25.4. The Balaban J connectivity index is 1.58. The van der Waals surface area contributed by atoms with Gasteiger partial charge in [-0.15, -0.1) is 0 Å². The average Bonchev–Trinajstić information content (AvgIpc) is 3.54. The Morgan fingerprint density at radius 1 is 0.976 bits per heavy atom. The number of amides is 1. The summed E-state index contributed by atoms with van der Waals surface area (Å²) in [5.41, 5.74) is 3.71. The minimum Gasteiger partial charge on any atom is -0.286 e. The van der Waals surface area contributed by atoms with E-state index in [1.807, 2.05) is 93.7 Å². The van der Waals surface area contributed by atoms with E-state index in [0.717, 1.165) is 11.3 Å². The smallest absolute Gasteiger partial charge is 0.266 e. The fourth-order valence-corrected chi connectivity index (χ4v) is 7.70. The molecule has 1 unspecified atom stereocenters. The molecule has 4 aromatic rings. The molecule has 1 aliphatic heterocycles. The van der Waals surface area contributed by atoms with Crippen molar-refractivity contribution >= 4 is 50.3 Å². The number of para-hydroxylation sites is 1. The average molecular weight is 603 g/mol. The molecule has 1 fully saturated rings. The molecule has 2 heterocycles. The predicted octanol–water partition coefficient (Wildman–Crippen LogP) is 6.53. The van der Waals surface area contributed by atoms with E-state index in [1.54, 1.807) is 33.9 Å². The first-order chi connectivity index (χ1) is 19.7. The molecule has 1 aromatic heterocycles. The predicted molar refractivity (Wildman–Crippen MR) is 169 cm³/mol. The molecule has 1 atom stereocenters. The molecule has 0 N–H and O–H groups in total. The van der Waals surface area contributed by atoms with Crippen LogP contribution < -0.4 is 0 Å². The third-order valence-electron chi connectivity index (χ3n) is 6.99. The van der Waals surface area contributed by atoms with E-state index < -0.39 is 10.0 Å². The number of aromatic nitrogens is 2. The Labute approximate surface area is 250 Å². The monoisotopic (exact) mass is 602 g/mol. The van der Waals surface area contributed by atoms with Gasteiger partial charge in [0.15, 0.2) is 0 Å². The van der Waals surface area contributed by atoms with Gasteiger partial charge >= 0.3 is 0 Å². The van der Waals surface area contributed by atoms with Crippen molar-refractivity contribution < 1.29 is 13.2 Å². The lowest BCUT2D eigenvalue weighted by molar-refractivity contribution is -0.123. The van der Waals surface area contributed by atoms with Crippen LogP contribution in [0.25, 0.3) is 23.0 Å². The number of rotatable bonds is 9. The van der Waals surface area contributed by atoms with Gasteiger partial charge in [0.1, 0.15) is 10.0 Å². The number of sulfonamides is 1. The van der Waals surface area contributed by atoms with Crippen LogP contribution in [0.2, 0.25) is 0 Å². The number of carbonyl (C=O) groups is 1. The van der Waals surface area contributed by atoms with E-state index in [0.29, 0.717) is 39.1 Å². The standard InChI is InChI=1S/C31H30N4O3S3/c1-4-33(5-2)41(37,38)27-18-12-15-24(19-27)29-25(21-34(32-29)26-16-10-7-11-17-26)20-28-30(36)35(31(39)40-28)22(3)23-13-8-6-9-14-23/h6-22H,4-5H2,1-3H3. The Morgan fingerprint density at radius 3 is 2.29 bits per heavy atom. The molecule has 0 saturated carbocycles. The Hall–Kier alpha value is -3.57. The Kier molecular flexibility index (Phi) is 8.55. The van der Waals surface area contributed by atoms with Crippen LogP contribution in [0.4, 0.5) is 0 Å². The maximum Gasteiger partial charge on any atom is 0.266 e. The summed E-state index contributed by atoms with van der Waals surface area (Å²) in [5.74, 6) is -0.173. The van der Waals surface area contributed by atoms with Gasteiger partial charge < -0.3 is 0 Å². The van der Waals surface area contributed by atoms with Gasteiger partial charge in [-0.05, 0) is 42.8 Å². The highest BCUT2D eigenvalue weighted by Gasteiger charge is 2.36.